The second-order valence-electron chi connectivity index (χ2n) is 9.74. The van der Waals surface area contributed by atoms with Gasteiger partial charge in [-0.25, -0.2) is 0 Å². The maximum absolute atomic E-state index is 2.44. The van der Waals surface area contributed by atoms with E-state index < -0.39 is 0 Å². The van der Waals surface area contributed by atoms with Crippen LogP contribution in [0.15, 0.2) is 54.6 Å². The maximum Gasteiger partial charge on any atom is -0.0152 e. The van der Waals surface area contributed by atoms with Gasteiger partial charge in [0.25, 0.3) is 0 Å². The Hall–Kier alpha value is -1.56. The lowest BCUT2D eigenvalue weighted by atomic mass is 9.99. The van der Waals surface area contributed by atoms with Gasteiger partial charge < -0.3 is 0 Å². The number of hydrogen-bond donors (Lipinski definition) is 0. The van der Waals surface area contributed by atoms with Gasteiger partial charge in [0.05, 0.1) is 0 Å². The highest BCUT2D eigenvalue weighted by molar-refractivity contribution is 5.85. The summed E-state index contributed by atoms with van der Waals surface area (Å²) >= 11 is 0. The third kappa shape index (κ3) is 12.5. The Kier molecular flexibility index (Phi) is 15.8. The first-order valence-electron chi connectivity index (χ1n) is 14.0. The van der Waals surface area contributed by atoms with E-state index >= 15 is 0 Å². The molecule has 0 saturated carbocycles. The van der Waals surface area contributed by atoms with Gasteiger partial charge in [0, 0.05) is 0 Å². The molecule has 0 atom stereocenters. The lowest BCUT2D eigenvalue weighted by molar-refractivity contribution is 0.569. The van der Waals surface area contributed by atoms with Crippen molar-refractivity contribution in [2.75, 3.05) is 0 Å². The molecule has 0 fully saturated rings. The number of fused-ring (bicyclic) bond motifs is 1. The molecule has 2 aromatic rings. The molecule has 0 spiro atoms. The third-order valence-corrected chi connectivity index (χ3v) is 6.84. The highest BCUT2D eigenvalue weighted by Crippen LogP contribution is 2.21. The van der Waals surface area contributed by atoms with Crippen LogP contribution in [0, 0.1) is 0 Å². The van der Waals surface area contributed by atoms with Crippen molar-refractivity contribution < 1.29 is 0 Å². The van der Waals surface area contributed by atoms with Gasteiger partial charge in [-0.15, -0.1) is 0 Å². The quantitative estimate of drug-likeness (QED) is 0.143. The van der Waals surface area contributed by atoms with Crippen LogP contribution in [0.4, 0.5) is 0 Å². The van der Waals surface area contributed by atoms with Crippen LogP contribution in [0.3, 0.4) is 0 Å². The minimum absolute atomic E-state index is 1.23. The summed E-state index contributed by atoms with van der Waals surface area (Å²) in [4.78, 5) is 0. The average molecular weight is 435 g/mol. The minimum atomic E-state index is 1.23. The second kappa shape index (κ2) is 19.0. The van der Waals surface area contributed by atoms with Gasteiger partial charge >= 0.3 is 0 Å². The van der Waals surface area contributed by atoms with Gasteiger partial charge in [-0.3, -0.25) is 0 Å². The highest BCUT2D eigenvalue weighted by Gasteiger charge is 2.00. The molecule has 0 saturated heterocycles. The Morgan fingerprint density at radius 2 is 1.00 bits per heavy atom. The molecule has 0 heteroatoms. The zero-order valence-corrected chi connectivity index (χ0v) is 21.1. The van der Waals surface area contributed by atoms with Crippen LogP contribution >= 0.6 is 0 Å². The summed E-state index contributed by atoms with van der Waals surface area (Å²) in [5, 5.41) is 2.83. The normalized spacial score (nSPS) is 11.7. The summed E-state index contributed by atoms with van der Waals surface area (Å²) in [7, 11) is 0. The van der Waals surface area contributed by atoms with E-state index in [1.807, 2.05) is 0 Å². The third-order valence-electron chi connectivity index (χ3n) is 6.84. The van der Waals surface area contributed by atoms with Gasteiger partial charge in [0.1, 0.15) is 0 Å². The van der Waals surface area contributed by atoms with E-state index in [4.69, 9.17) is 0 Å². The summed E-state index contributed by atoms with van der Waals surface area (Å²) in [5.74, 6) is 0. The predicted molar refractivity (Wildman–Crippen MR) is 146 cm³/mol. The average Bonchev–Trinajstić information content (AvgIpc) is 2.83. The molecule has 0 aliphatic rings. The van der Waals surface area contributed by atoms with E-state index in [9.17, 15) is 0 Å². The number of allylic oxidation sites excluding steroid dienone is 2. The second-order valence-corrected chi connectivity index (χ2v) is 9.74. The molecule has 2 rings (SSSR count). The predicted octanol–water partition coefficient (Wildman–Crippen LogP) is 11.0. The number of benzene rings is 2. The lowest BCUT2D eigenvalue weighted by Gasteiger charge is -2.06. The van der Waals surface area contributed by atoms with Crippen molar-refractivity contribution in [2.24, 2.45) is 0 Å². The van der Waals surface area contributed by atoms with Gasteiger partial charge in [-0.05, 0) is 54.9 Å². The molecule has 0 heterocycles. The molecule has 0 aromatic heterocycles. The van der Waals surface area contributed by atoms with Crippen molar-refractivity contribution in [2.45, 2.75) is 129 Å². The molecule has 0 amide bonds. The lowest BCUT2D eigenvalue weighted by Crippen LogP contribution is -1.88. The zero-order valence-electron chi connectivity index (χ0n) is 21.1. The fourth-order valence-electron chi connectivity index (χ4n) is 4.78. The molecule has 0 nitrogen and oxygen atoms in total. The molecule has 0 aliphatic heterocycles. The summed E-state index contributed by atoms with van der Waals surface area (Å²) in [6.07, 6.45) is 31.3. The van der Waals surface area contributed by atoms with Gasteiger partial charge in [-0.1, -0.05) is 145 Å². The van der Waals surface area contributed by atoms with Crippen molar-refractivity contribution in [1.82, 2.24) is 0 Å². The maximum atomic E-state index is 2.44. The van der Waals surface area contributed by atoms with Crippen LogP contribution in [0.5, 0.6) is 0 Å². The first-order chi connectivity index (χ1) is 15.9. The first kappa shape index (κ1) is 26.7. The molecule has 2 aromatic carbocycles. The molecule has 0 radical (unpaired) electrons. The van der Waals surface area contributed by atoms with E-state index in [1.165, 1.54) is 138 Å². The van der Waals surface area contributed by atoms with Crippen molar-refractivity contribution in [3.8, 4) is 0 Å². The fourth-order valence-corrected chi connectivity index (χ4v) is 4.78. The molecular formula is C32H50. The molecular weight excluding hydrogens is 384 g/mol. The number of rotatable bonds is 20. The van der Waals surface area contributed by atoms with E-state index in [-0.39, 0.29) is 0 Å². The number of aryl methyl sites for hydroxylation is 1. The summed E-state index contributed by atoms with van der Waals surface area (Å²) in [5.41, 5.74) is 1.53. The first-order valence-corrected chi connectivity index (χ1v) is 14.0. The fraction of sp³-hybridized carbons (Fsp3) is 0.625. The monoisotopic (exact) mass is 434 g/mol. The molecule has 0 unspecified atom stereocenters. The molecule has 0 aliphatic carbocycles. The largest absolute Gasteiger partial charge is 0.0885 e. The van der Waals surface area contributed by atoms with E-state index in [2.05, 4.69) is 61.5 Å². The number of unbranched alkanes of at least 4 members (excludes halogenated alkanes) is 16. The topological polar surface area (TPSA) is 0 Å². The van der Waals surface area contributed by atoms with Crippen molar-refractivity contribution in [3.63, 3.8) is 0 Å². The summed E-state index contributed by atoms with van der Waals surface area (Å²) in [6.45, 7) is 2.29. The standard InChI is InChI=1S/C32H50/c1-2-3-4-5-6-7-8-9-10-11-12-13-14-15-16-17-18-19-20-21-25-30-27-24-28-31-26-22-23-29-32(30)31/h11-12,22-24,26-29H,2-10,13-21,25H2,1H3/b12-11+. The molecule has 0 bridgehead atoms. The Bertz CT molecular complexity index is 706. The van der Waals surface area contributed by atoms with E-state index in [0.29, 0.717) is 0 Å². The molecule has 178 valence electrons. The van der Waals surface area contributed by atoms with Crippen molar-refractivity contribution >= 4 is 10.8 Å². The molecule has 32 heavy (non-hydrogen) atoms. The van der Waals surface area contributed by atoms with Crippen LogP contribution in [-0.2, 0) is 6.42 Å². The van der Waals surface area contributed by atoms with Crippen LogP contribution in [0.25, 0.3) is 10.8 Å². The van der Waals surface area contributed by atoms with Crippen LogP contribution in [-0.4, -0.2) is 0 Å². The molecule has 0 N–H and O–H groups in total. The SMILES string of the molecule is CCCCCCCCCC/C=C/CCCCCCCCCCc1cccc2ccccc12. The Morgan fingerprint density at radius 1 is 0.500 bits per heavy atom. The zero-order chi connectivity index (χ0) is 22.5. The minimum Gasteiger partial charge on any atom is -0.0885 e. The van der Waals surface area contributed by atoms with E-state index in [1.54, 1.807) is 0 Å². The van der Waals surface area contributed by atoms with Crippen molar-refractivity contribution in [1.29, 1.82) is 0 Å². The van der Waals surface area contributed by atoms with Gasteiger partial charge in [0.2, 0.25) is 0 Å². The highest BCUT2D eigenvalue weighted by atomic mass is 14.1. The van der Waals surface area contributed by atoms with Crippen molar-refractivity contribution in [3.05, 3.63) is 60.2 Å². The van der Waals surface area contributed by atoms with Crippen LogP contribution < -0.4 is 0 Å². The number of hydrogen-bond acceptors (Lipinski definition) is 0. The summed E-state index contributed by atoms with van der Waals surface area (Å²) < 4.78 is 0. The van der Waals surface area contributed by atoms with Crippen LogP contribution in [0.2, 0.25) is 0 Å². The Balaban J connectivity index is 1.33. The Labute approximate surface area is 199 Å². The smallest absolute Gasteiger partial charge is 0.0152 e. The van der Waals surface area contributed by atoms with Gasteiger partial charge in [0.15, 0.2) is 0 Å². The van der Waals surface area contributed by atoms with Gasteiger partial charge in [-0.2, -0.15) is 0 Å². The van der Waals surface area contributed by atoms with Crippen LogP contribution in [0.1, 0.15) is 128 Å². The Morgan fingerprint density at radius 3 is 1.62 bits per heavy atom. The van der Waals surface area contributed by atoms with E-state index in [0.717, 1.165) is 0 Å². The summed E-state index contributed by atoms with van der Waals surface area (Å²) in [6, 6.07) is 15.6.